The summed E-state index contributed by atoms with van der Waals surface area (Å²) >= 11 is 9.26. The monoisotopic (exact) mass is 346 g/mol. The van der Waals surface area contributed by atoms with Gasteiger partial charge in [0, 0.05) is 22.6 Å². The number of likely N-dealkylation sites (N-methyl/N-ethyl adjacent to an activating group) is 1. The molecular formula is C14H20BrClN2O. The molecule has 5 heteroatoms. The maximum atomic E-state index is 12.0. The highest BCUT2D eigenvalue weighted by Crippen LogP contribution is 2.20. The zero-order chi connectivity index (χ0) is 14.3. The minimum absolute atomic E-state index is 0.0954. The van der Waals surface area contributed by atoms with Crippen molar-refractivity contribution < 1.29 is 4.79 Å². The molecule has 0 bridgehead atoms. The van der Waals surface area contributed by atoms with E-state index < -0.39 is 0 Å². The normalized spacial score (nSPS) is 10.8. The van der Waals surface area contributed by atoms with Crippen molar-refractivity contribution in [1.29, 1.82) is 0 Å². The smallest absolute Gasteiger partial charge is 0.252 e. The van der Waals surface area contributed by atoms with Crippen LogP contribution < -0.4 is 5.32 Å². The van der Waals surface area contributed by atoms with Gasteiger partial charge in [-0.2, -0.15) is 0 Å². The quantitative estimate of drug-likeness (QED) is 0.818. The van der Waals surface area contributed by atoms with Crippen LogP contribution in [0.4, 0.5) is 0 Å². The molecule has 1 aromatic carbocycles. The van der Waals surface area contributed by atoms with Gasteiger partial charge >= 0.3 is 0 Å². The Balaban J connectivity index is 2.49. The number of hydrogen-bond acceptors (Lipinski definition) is 2. The first-order chi connectivity index (χ1) is 9.08. The van der Waals surface area contributed by atoms with Crippen molar-refractivity contribution in [2.24, 2.45) is 0 Å². The molecule has 0 saturated heterocycles. The van der Waals surface area contributed by atoms with Gasteiger partial charge in [0.15, 0.2) is 0 Å². The molecule has 0 aliphatic carbocycles. The molecule has 1 amide bonds. The second-order valence-corrected chi connectivity index (χ2v) is 5.61. The molecule has 0 atom stereocenters. The van der Waals surface area contributed by atoms with Gasteiger partial charge in [-0.25, -0.2) is 0 Å². The zero-order valence-corrected chi connectivity index (χ0v) is 13.7. The average molecular weight is 348 g/mol. The number of carbonyl (C=O) groups excluding carboxylic acids is 1. The minimum Gasteiger partial charge on any atom is -0.351 e. The van der Waals surface area contributed by atoms with Crippen LogP contribution in [-0.4, -0.2) is 37.0 Å². The van der Waals surface area contributed by atoms with Crippen molar-refractivity contribution in [3.05, 3.63) is 33.3 Å². The lowest BCUT2D eigenvalue weighted by atomic mass is 10.2. The van der Waals surface area contributed by atoms with Crippen LogP contribution in [-0.2, 0) is 0 Å². The standard InChI is InChI=1S/C14H20BrClN2O/c1-3-8-18(4-2)9-7-17-14(19)12-10-11(16)5-6-13(12)15/h5-6,10H,3-4,7-9H2,1-2H3,(H,17,19). The number of nitrogens with zero attached hydrogens (tertiary/aromatic N) is 1. The Kier molecular flexibility index (Phi) is 7.42. The predicted molar refractivity (Wildman–Crippen MR) is 83.9 cm³/mol. The molecule has 1 N–H and O–H groups in total. The van der Waals surface area contributed by atoms with Crippen LogP contribution in [0.1, 0.15) is 30.6 Å². The molecule has 0 fully saturated rings. The van der Waals surface area contributed by atoms with E-state index in [1.165, 1.54) is 0 Å². The van der Waals surface area contributed by atoms with Crippen LogP contribution in [0.15, 0.2) is 22.7 Å². The van der Waals surface area contributed by atoms with E-state index in [4.69, 9.17) is 11.6 Å². The highest BCUT2D eigenvalue weighted by molar-refractivity contribution is 9.10. The summed E-state index contributed by atoms with van der Waals surface area (Å²) in [6.07, 6.45) is 1.13. The predicted octanol–water partition coefficient (Wildman–Crippen LogP) is 3.56. The number of nitrogens with one attached hydrogen (secondary N) is 1. The van der Waals surface area contributed by atoms with Crippen molar-refractivity contribution in [2.75, 3.05) is 26.2 Å². The first-order valence-corrected chi connectivity index (χ1v) is 7.71. The van der Waals surface area contributed by atoms with Gasteiger partial charge < -0.3 is 10.2 Å². The largest absolute Gasteiger partial charge is 0.351 e. The van der Waals surface area contributed by atoms with Crippen LogP contribution in [0.3, 0.4) is 0 Å². The topological polar surface area (TPSA) is 32.3 Å². The lowest BCUT2D eigenvalue weighted by Gasteiger charge is -2.19. The fraction of sp³-hybridized carbons (Fsp3) is 0.500. The van der Waals surface area contributed by atoms with Gasteiger partial charge in [0.05, 0.1) is 5.56 Å². The van der Waals surface area contributed by atoms with Crippen molar-refractivity contribution in [2.45, 2.75) is 20.3 Å². The van der Waals surface area contributed by atoms with Gasteiger partial charge in [-0.1, -0.05) is 25.4 Å². The van der Waals surface area contributed by atoms with E-state index in [1.54, 1.807) is 18.2 Å². The van der Waals surface area contributed by atoms with Crippen LogP contribution in [0.25, 0.3) is 0 Å². The molecule has 3 nitrogen and oxygen atoms in total. The first kappa shape index (κ1) is 16.5. The molecule has 19 heavy (non-hydrogen) atoms. The van der Waals surface area contributed by atoms with E-state index in [0.717, 1.165) is 30.5 Å². The number of benzene rings is 1. The Hall–Kier alpha value is -0.580. The van der Waals surface area contributed by atoms with Gasteiger partial charge in [0.1, 0.15) is 0 Å². The maximum Gasteiger partial charge on any atom is 0.252 e. The van der Waals surface area contributed by atoms with E-state index in [0.29, 0.717) is 17.1 Å². The Morgan fingerprint density at radius 1 is 1.37 bits per heavy atom. The van der Waals surface area contributed by atoms with Crippen LogP contribution in [0.2, 0.25) is 5.02 Å². The fourth-order valence-electron chi connectivity index (χ4n) is 1.84. The molecule has 0 aliphatic heterocycles. The Morgan fingerprint density at radius 3 is 2.74 bits per heavy atom. The number of amides is 1. The maximum absolute atomic E-state index is 12.0. The van der Waals surface area contributed by atoms with Gasteiger partial charge in [0.2, 0.25) is 0 Å². The van der Waals surface area contributed by atoms with E-state index in [9.17, 15) is 4.79 Å². The van der Waals surface area contributed by atoms with Crippen molar-refractivity contribution in [3.63, 3.8) is 0 Å². The summed E-state index contributed by atoms with van der Waals surface area (Å²) in [5, 5.41) is 3.49. The lowest BCUT2D eigenvalue weighted by Crippen LogP contribution is -2.35. The molecule has 1 rings (SSSR count). The molecule has 0 spiro atoms. The third-order valence-corrected chi connectivity index (χ3v) is 3.80. The molecule has 0 radical (unpaired) electrons. The molecule has 0 saturated carbocycles. The Labute approximate surface area is 128 Å². The van der Waals surface area contributed by atoms with Gasteiger partial charge in [-0.05, 0) is 53.6 Å². The van der Waals surface area contributed by atoms with Crippen molar-refractivity contribution in [1.82, 2.24) is 10.2 Å². The van der Waals surface area contributed by atoms with Gasteiger partial charge in [0.25, 0.3) is 5.91 Å². The molecular weight excluding hydrogens is 328 g/mol. The van der Waals surface area contributed by atoms with Crippen LogP contribution in [0.5, 0.6) is 0 Å². The summed E-state index contributed by atoms with van der Waals surface area (Å²) in [5.41, 5.74) is 0.575. The third-order valence-electron chi connectivity index (χ3n) is 2.87. The first-order valence-electron chi connectivity index (χ1n) is 6.54. The molecule has 0 aliphatic rings. The van der Waals surface area contributed by atoms with E-state index in [2.05, 4.69) is 40.0 Å². The minimum atomic E-state index is -0.0954. The molecule has 0 heterocycles. The van der Waals surface area contributed by atoms with Gasteiger partial charge in [-0.15, -0.1) is 0 Å². The summed E-state index contributed by atoms with van der Waals surface area (Å²) in [4.78, 5) is 14.3. The Bertz CT molecular complexity index is 426. The summed E-state index contributed by atoms with van der Waals surface area (Å²) in [6.45, 7) is 7.87. The number of halogens is 2. The van der Waals surface area contributed by atoms with Crippen molar-refractivity contribution >= 4 is 33.4 Å². The second-order valence-electron chi connectivity index (χ2n) is 4.31. The van der Waals surface area contributed by atoms with E-state index >= 15 is 0 Å². The Morgan fingerprint density at radius 2 is 2.11 bits per heavy atom. The third kappa shape index (κ3) is 5.51. The fourth-order valence-corrected chi connectivity index (χ4v) is 2.44. The summed E-state index contributed by atoms with van der Waals surface area (Å²) < 4.78 is 0.760. The second kappa shape index (κ2) is 8.56. The van der Waals surface area contributed by atoms with E-state index in [-0.39, 0.29) is 5.91 Å². The molecule has 106 valence electrons. The highest BCUT2D eigenvalue weighted by atomic mass is 79.9. The zero-order valence-electron chi connectivity index (χ0n) is 11.4. The molecule has 1 aromatic rings. The van der Waals surface area contributed by atoms with E-state index in [1.807, 2.05) is 0 Å². The molecule has 0 aromatic heterocycles. The van der Waals surface area contributed by atoms with Gasteiger partial charge in [-0.3, -0.25) is 4.79 Å². The number of carbonyl (C=O) groups is 1. The summed E-state index contributed by atoms with van der Waals surface area (Å²) in [5.74, 6) is -0.0954. The summed E-state index contributed by atoms with van der Waals surface area (Å²) in [6, 6.07) is 5.21. The lowest BCUT2D eigenvalue weighted by molar-refractivity contribution is 0.0948. The van der Waals surface area contributed by atoms with Crippen LogP contribution >= 0.6 is 27.5 Å². The highest BCUT2D eigenvalue weighted by Gasteiger charge is 2.10. The number of hydrogen-bond donors (Lipinski definition) is 1. The SMILES string of the molecule is CCCN(CC)CCNC(=O)c1cc(Cl)ccc1Br. The van der Waals surface area contributed by atoms with Crippen molar-refractivity contribution in [3.8, 4) is 0 Å². The average Bonchev–Trinajstić information content (AvgIpc) is 2.40. The molecule has 0 unspecified atom stereocenters. The van der Waals surface area contributed by atoms with Crippen LogP contribution in [0, 0.1) is 0 Å². The summed E-state index contributed by atoms with van der Waals surface area (Å²) in [7, 11) is 0. The number of rotatable bonds is 7.